The molecule has 0 aliphatic carbocycles. The van der Waals surface area contributed by atoms with Crippen LogP contribution in [0.1, 0.15) is 37.7 Å². The summed E-state index contributed by atoms with van der Waals surface area (Å²) in [5, 5.41) is 11.6. The fraction of sp³-hybridized carbons (Fsp3) is 0.429. The fourth-order valence-electron chi connectivity index (χ4n) is 5.03. The van der Waals surface area contributed by atoms with Gasteiger partial charge >= 0.3 is 5.97 Å². The molecule has 1 aromatic heterocycles. The summed E-state index contributed by atoms with van der Waals surface area (Å²) in [5.41, 5.74) is 1.05. The highest BCUT2D eigenvalue weighted by molar-refractivity contribution is 7.99. The Morgan fingerprint density at radius 2 is 2.00 bits per heavy atom. The fourth-order valence-corrected chi connectivity index (χ4v) is 6.17. The van der Waals surface area contributed by atoms with Crippen LogP contribution in [-0.2, 0) is 11.2 Å². The molecule has 2 heterocycles. The van der Waals surface area contributed by atoms with Gasteiger partial charge < -0.3 is 14.7 Å². The van der Waals surface area contributed by atoms with E-state index < -0.39 is 23.0 Å². The average molecular weight is 549 g/mol. The van der Waals surface area contributed by atoms with Crippen LogP contribution in [0.15, 0.2) is 47.5 Å². The van der Waals surface area contributed by atoms with Gasteiger partial charge in [-0.1, -0.05) is 17.7 Å². The molecule has 1 saturated heterocycles. The number of hydrogen-bond donors (Lipinski definition) is 1. The van der Waals surface area contributed by atoms with Gasteiger partial charge in [-0.15, -0.1) is 11.8 Å². The molecule has 0 radical (unpaired) electrons. The average Bonchev–Trinajstić information content (AvgIpc) is 2.90. The number of carboxylic acids is 1. The topological polar surface area (TPSA) is 62.7 Å². The van der Waals surface area contributed by atoms with Crippen molar-refractivity contribution in [2.24, 2.45) is 5.41 Å². The first-order valence-electron chi connectivity index (χ1n) is 12.5. The molecule has 5 nitrogen and oxygen atoms in total. The van der Waals surface area contributed by atoms with E-state index in [2.05, 4.69) is 9.88 Å². The van der Waals surface area contributed by atoms with Crippen molar-refractivity contribution in [2.45, 2.75) is 43.4 Å². The van der Waals surface area contributed by atoms with Gasteiger partial charge in [0.05, 0.1) is 23.1 Å². The summed E-state index contributed by atoms with van der Waals surface area (Å²) < 4.78 is 32.5. The maximum absolute atomic E-state index is 13.8. The van der Waals surface area contributed by atoms with Gasteiger partial charge in [0.2, 0.25) is 0 Å². The zero-order valence-corrected chi connectivity index (χ0v) is 22.4. The molecule has 198 valence electrons. The third kappa shape index (κ3) is 6.54. The first kappa shape index (κ1) is 27.6. The van der Waals surface area contributed by atoms with Crippen molar-refractivity contribution in [3.8, 4) is 5.75 Å². The monoisotopic (exact) mass is 548 g/mol. The number of likely N-dealkylation sites (tertiary alicyclic amines) is 1. The number of benzene rings is 2. The normalized spacial score (nSPS) is 15.7. The molecule has 37 heavy (non-hydrogen) atoms. The van der Waals surface area contributed by atoms with E-state index >= 15 is 0 Å². The van der Waals surface area contributed by atoms with Crippen molar-refractivity contribution in [3.05, 3.63) is 64.8 Å². The smallest absolute Gasteiger partial charge is 0.309 e. The molecule has 0 amide bonds. The Labute approximate surface area is 225 Å². The number of thioether (sulfide) groups is 1. The molecule has 0 saturated carbocycles. The van der Waals surface area contributed by atoms with Crippen molar-refractivity contribution in [1.29, 1.82) is 0 Å². The Kier molecular flexibility index (Phi) is 9.27. The highest BCUT2D eigenvalue weighted by Gasteiger charge is 2.40. The summed E-state index contributed by atoms with van der Waals surface area (Å²) in [4.78, 5) is 19.3. The molecule has 1 aliphatic heterocycles. The molecule has 0 atom stereocenters. The summed E-state index contributed by atoms with van der Waals surface area (Å²) >= 11 is 7.79. The SMILES string of the molecule is COc1ccc2ncc(Cl)c(CCCC3(C(=O)O)CCN(CCCSc4cccc(F)c4F)CC3)c2c1. The number of rotatable bonds is 11. The molecule has 1 fully saturated rings. The van der Waals surface area contributed by atoms with Crippen LogP contribution in [0.4, 0.5) is 8.78 Å². The number of pyridine rings is 1. The molecule has 0 unspecified atom stereocenters. The third-order valence-electron chi connectivity index (χ3n) is 7.28. The predicted molar refractivity (Wildman–Crippen MR) is 144 cm³/mol. The number of hydrogen-bond acceptors (Lipinski definition) is 5. The van der Waals surface area contributed by atoms with Crippen LogP contribution >= 0.6 is 23.4 Å². The van der Waals surface area contributed by atoms with Crippen LogP contribution < -0.4 is 4.74 Å². The van der Waals surface area contributed by atoms with E-state index in [1.54, 1.807) is 19.4 Å². The molecule has 3 aromatic rings. The lowest BCUT2D eigenvalue weighted by Crippen LogP contribution is -2.44. The van der Waals surface area contributed by atoms with Crippen molar-refractivity contribution >= 4 is 40.2 Å². The van der Waals surface area contributed by atoms with Crippen LogP contribution in [0, 0.1) is 17.0 Å². The van der Waals surface area contributed by atoms with Crippen molar-refractivity contribution in [1.82, 2.24) is 9.88 Å². The molecule has 9 heteroatoms. The highest BCUT2D eigenvalue weighted by Crippen LogP contribution is 2.38. The molecule has 1 N–H and O–H groups in total. The number of carboxylic acid groups (broad SMARTS) is 1. The van der Waals surface area contributed by atoms with Crippen LogP contribution in [0.25, 0.3) is 10.9 Å². The van der Waals surface area contributed by atoms with E-state index in [4.69, 9.17) is 16.3 Å². The molecule has 4 rings (SSSR count). The number of ether oxygens (including phenoxy) is 1. The maximum atomic E-state index is 13.8. The summed E-state index contributed by atoms with van der Waals surface area (Å²) in [6.45, 7) is 2.23. The molecular weight excluding hydrogens is 518 g/mol. The van der Waals surface area contributed by atoms with Crippen LogP contribution in [0.3, 0.4) is 0 Å². The Morgan fingerprint density at radius 3 is 2.73 bits per heavy atom. The van der Waals surface area contributed by atoms with Gasteiger partial charge in [0.15, 0.2) is 11.6 Å². The van der Waals surface area contributed by atoms with Gasteiger partial charge in [-0.25, -0.2) is 8.78 Å². The van der Waals surface area contributed by atoms with E-state index in [0.717, 1.165) is 41.2 Å². The number of carbonyl (C=O) groups is 1. The van der Waals surface area contributed by atoms with E-state index in [9.17, 15) is 18.7 Å². The Bertz CT molecular complexity index is 1250. The van der Waals surface area contributed by atoms with Gasteiger partial charge in [0.1, 0.15) is 5.75 Å². The van der Waals surface area contributed by atoms with E-state index in [-0.39, 0.29) is 0 Å². The minimum absolute atomic E-state index is 0.323. The van der Waals surface area contributed by atoms with E-state index in [1.807, 2.05) is 18.2 Å². The van der Waals surface area contributed by atoms with E-state index in [0.29, 0.717) is 60.9 Å². The number of piperidine rings is 1. The Balaban J connectivity index is 1.29. The first-order valence-corrected chi connectivity index (χ1v) is 13.8. The second kappa shape index (κ2) is 12.4. The van der Waals surface area contributed by atoms with Gasteiger partial charge in [-0.3, -0.25) is 9.78 Å². The zero-order chi connectivity index (χ0) is 26.4. The predicted octanol–water partition coefficient (Wildman–Crippen LogP) is 6.85. The molecular formula is C28H31ClF2N2O3S. The number of fused-ring (bicyclic) bond motifs is 1. The third-order valence-corrected chi connectivity index (χ3v) is 8.72. The zero-order valence-electron chi connectivity index (χ0n) is 20.8. The Hall–Kier alpha value is -2.42. The molecule has 2 aromatic carbocycles. The maximum Gasteiger partial charge on any atom is 0.309 e. The van der Waals surface area contributed by atoms with Crippen LogP contribution in [0.5, 0.6) is 5.75 Å². The second-order valence-corrected chi connectivity index (χ2v) is 11.0. The standard InChI is InChI=1S/C28H31ClF2N2O3S/c1-36-19-8-9-24-21(17-19)20(22(29)18-32-24)5-3-10-28(27(34)35)11-14-33(15-12-28)13-4-16-37-25-7-2-6-23(30)26(25)31/h2,6-9,17-18H,3-5,10-16H2,1H3,(H,34,35). The van der Waals surface area contributed by atoms with Crippen molar-refractivity contribution in [3.63, 3.8) is 0 Å². The van der Waals surface area contributed by atoms with Gasteiger partial charge in [0.25, 0.3) is 0 Å². The van der Waals surface area contributed by atoms with Crippen molar-refractivity contribution in [2.75, 3.05) is 32.5 Å². The lowest BCUT2D eigenvalue weighted by atomic mass is 9.74. The quantitative estimate of drug-likeness (QED) is 0.209. The van der Waals surface area contributed by atoms with Crippen LogP contribution in [0.2, 0.25) is 5.02 Å². The highest BCUT2D eigenvalue weighted by atomic mass is 35.5. The number of methoxy groups -OCH3 is 1. The van der Waals surface area contributed by atoms with Crippen molar-refractivity contribution < 1.29 is 23.4 Å². The summed E-state index contributed by atoms with van der Waals surface area (Å²) in [6, 6.07) is 9.90. The number of halogens is 3. The van der Waals surface area contributed by atoms with Gasteiger partial charge in [0, 0.05) is 16.5 Å². The molecule has 0 bridgehead atoms. The lowest BCUT2D eigenvalue weighted by Gasteiger charge is -2.39. The minimum Gasteiger partial charge on any atom is -0.497 e. The lowest BCUT2D eigenvalue weighted by molar-refractivity contribution is -0.152. The summed E-state index contributed by atoms with van der Waals surface area (Å²) in [7, 11) is 1.62. The first-order chi connectivity index (χ1) is 17.8. The molecule has 1 aliphatic rings. The number of aryl methyl sites for hydroxylation is 1. The summed E-state index contributed by atoms with van der Waals surface area (Å²) in [5.74, 6) is -0.961. The second-order valence-electron chi connectivity index (χ2n) is 9.50. The van der Waals surface area contributed by atoms with Gasteiger partial charge in [-0.05, 0) is 99.8 Å². The number of nitrogens with zero attached hydrogens (tertiary/aromatic N) is 2. The number of aliphatic carboxylic acids is 1. The van der Waals surface area contributed by atoms with E-state index in [1.165, 1.54) is 17.8 Å². The number of aromatic nitrogens is 1. The Morgan fingerprint density at radius 1 is 1.22 bits per heavy atom. The van der Waals surface area contributed by atoms with Gasteiger partial charge in [-0.2, -0.15) is 0 Å². The van der Waals surface area contributed by atoms with Crippen LogP contribution in [-0.4, -0.2) is 53.5 Å². The summed E-state index contributed by atoms with van der Waals surface area (Å²) in [6.07, 6.45) is 5.60. The largest absolute Gasteiger partial charge is 0.497 e. The minimum atomic E-state index is -0.829. The molecule has 0 spiro atoms.